The lowest BCUT2D eigenvalue weighted by atomic mass is 10.2. The SMILES string of the molecule is O=C(CSc1ncnc2c1cnn2Cc1ccccc1)Nc1cc(C(F)(F)F)ccc1Cl. The average molecular weight is 478 g/mol. The number of carbonyl (C=O) groups is 1. The third kappa shape index (κ3) is 5.03. The van der Waals surface area contributed by atoms with Crippen LogP contribution in [0.3, 0.4) is 0 Å². The summed E-state index contributed by atoms with van der Waals surface area (Å²) in [6.07, 6.45) is -1.52. The number of fused-ring (bicyclic) bond motifs is 1. The number of thioether (sulfide) groups is 1. The van der Waals surface area contributed by atoms with Crippen LogP contribution in [0.4, 0.5) is 18.9 Å². The van der Waals surface area contributed by atoms with Gasteiger partial charge in [0, 0.05) is 0 Å². The highest BCUT2D eigenvalue weighted by Crippen LogP contribution is 2.34. The van der Waals surface area contributed by atoms with Crippen LogP contribution in [0.1, 0.15) is 11.1 Å². The molecule has 2 aromatic heterocycles. The summed E-state index contributed by atoms with van der Waals surface area (Å²) in [5.74, 6) is -0.595. The quantitative estimate of drug-likeness (QED) is 0.302. The first kappa shape index (κ1) is 22.1. The molecular formula is C21H15ClF3N5OS. The molecule has 11 heteroatoms. The summed E-state index contributed by atoms with van der Waals surface area (Å²) in [7, 11) is 0. The van der Waals surface area contributed by atoms with Gasteiger partial charge in [-0.2, -0.15) is 18.3 Å². The van der Waals surface area contributed by atoms with Crippen LogP contribution in [0, 0.1) is 0 Å². The van der Waals surface area contributed by atoms with Crippen LogP contribution < -0.4 is 5.32 Å². The van der Waals surface area contributed by atoms with Crippen molar-refractivity contribution in [3.8, 4) is 0 Å². The molecule has 0 aliphatic heterocycles. The molecule has 0 saturated heterocycles. The predicted molar refractivity (Wildman–Crippen MR) is 117 cm³/mol. The van der Waals surface area contributed by atoms with E-state index in [1.165, 1.54) is 6.33 Å². The fourth-order valence-electron chi connectivity index (χ4n) is 2.98. The summed E-state index contributed by atoms with van der Waals surface area (Å²) in [6, 6.07) is 12.5. The summed E-state index contributed by atoms with van der Waals surface area (Å²) >= 11 is 7.07. The number of nitrogens with zero attached hydrogens (tertiary/aromatic N) is 4. The summed E-state index contributed by atoms with van der Waals surface area (Å²) in [5, 5.41) is 8.03. The second kappa shape index (κ2) is 9.17. The molecule has 0 bridgehead atoms. The molecule has 4 aromatic rings. The molecule has 0 aliphatic carbocycles. The lowest BCUT2D eigenvalue weighted by Crippen LogP contribution is -2.15. The van der Waals surface area contributed by atoms with E-state index in [2.05, 4.69) is 20.4 Å². The molecule has 0 aliphatic rings. The fraction of sp³-hybridized carbons (Fsp3) is 0.143. The first-order valence-corrected chi connectivity index (χ1v) is 10.7. The molecule has 0 fully saturated rings. The Balaban J connectivity index is 1.46. The van der Waals surface area contributed by atoms with Gasteiger partial charge >= 0.3 is 6.18 Å². The summed E-state index contributed by atoms with van der Waals surface area (Å²) in [4.78, 5) is 20.8. The van der Waals surface area contributed by atoms with E-state index in [1.807, 2.05) is 30.3 Å². The zero-order valence-corrected chi connectivity index (χ0v) is 17.9. The smallest absolute Gasteiger partial charge is 0.324 e. The minimum Gasteiger partial charge on any atom is -0.324 e. The molecule has 1 amide bonds. The number of hydrogen-bond donors (Lipinski definition) is 1. The maximum absolute atomic E-state index is 12.9. The number of rotatable bonds is 6. The van der Waals surface area contributed by atoms with E-state index in [1.54, 1.807) is 10.9 Å². The molecule has 0 radical (unpaired) electrons. The molecule has 4 rings (SSSR count). The molecule has 2 heterocycles. The second-order valence-corrected chi connectivity index (χ2v) is 8.10. The largest absolute Gasteiger partial charge is 0.416 e. The summed E-state index contributed by atoms with van der Waals surface area (Å²) < 4.78 is 40.5. The van der Waals surface area contributed by atoms with Gasteiger partial charge in [-0.05, 0) is 23.8 Å². The standard InChI is InChI=1S/C21H15ClF3N5OS/c22-16-7-6-14(21(23,24)25)8-17(16)29-18(31)11-32-20-15-9-28-30(19(15)26-12-27-20)10-13-4-2-1-3-5-13/h1-9,12H,10-11H2,(H,29,31). The Morgan fingerprint density at radius 2 is 1.91 bits per heavy atom. The fourth-order valence-corrected chi connectivity index (χ4v) is 3.90. The number of aromatic nitrogens is 4. The van der Waals surface area contributed by atoms with Crippen LogP contribution in [0.5, 0.6) is 0 Å². The number of halogens is 4. The van der Waals surface area contributed by atoms with Crippen molar-refractivity contribution >= 4 is 46.0 Å². The lowest BCUT2D eigenvalue weighted by molar-refractivity contribution is -0.137. The molecule has 0 saturated carbocycles. The Morgan fingerprint density at radius 3 is 2.66 bits per heavy atom. The minimum atomic E-state index is -4.54. The second-order valence-electron chi connectivity index (χ2n) is 6.73. The zero-order chi connectivity index (χ0) is 22.7. The number of hydrogen-bond acceptors (Lipinski definition) is 5. The highest BCUT2D eigenvalue weighted by molar-refractivity contribution is 8.00. The molecule has 1 N–H and O–H groups in total. The van der Waals surface area contributed by atoms with Crippen molar-refractivity contribution in [2.45, 2.75) is 17.7 Å². The number of amides is 1. The van der Waals surface area contributed by atoms with Gasteiger partial charge in [0.05, 0.1) is 40.2 Å². The Kier molecular flexibility index (Phi) is 6.33. The summed E-state index contributed by atoms with van der Waals surface area (Å²) in [5.41, 5.74) is 0.680. The van der Waals surface area contributed by atoms with Crippen LogP contribution >= 0.6 is 23.4 Å². The molecule has 0 spiro atoms. The van der Waals surface area contributed by atoms with Gasteiger partial charge in [0.1, 0.15) is 11.4 Å². The van der Waals surface area contributed by atoms with Crippen LogP contribution in [-0.2, 0) is 17.5 Å². The van der Waals surface area contributed by atoms with Crippen LogP contribution in [0.2, 0.25) is 5.02 Å². The third-order valence-electron chi connectivity index (χ3n) is 4.48. The maximum atomic E-state index is 12.9. The van der Waals surface area contributed by atoms with Gasteiger partial charge in [-0.3, -0.25) is 4.79 Å². The highest BCUT2D eigenvalue weighted by atomic mass is 35.5. The average Bonchev–Trinajstić information content (AvgIpc) is 3.17. The van der Waals surface area contributed by atoms with Crippen LogP contribution in [0.15, 0.2) is 66.1 Å². The van der Waals surface area contributed by atoms with Crippen LogP contribution in [-0.4, -0.2) is 31.4 Å². The monoisotopic (exact) mass is 477 g/mol. The Hall–Kier alpha value is -3.11. The lowest BCUT2D eigenvalue weighted by Gasteiger charge is -2.11. The number of carbonyl (C=O) groups excluding carboxylic acids is 1. The molecule has 32 heavy (non-hydrogen) atoms. The van der Waals surface area contributed by atoms with Crippen molar-refractivity contribution < 1.29 is 18.0 Å². The van der Waals surface area contributed by atoms with Gasteiger partial charge in [-0.1, -0.05) is 53.7 Å². The van der Waals surface area contributed by atoms with E-state index in [0.717, 1.165) is 35.5 Å². The van der Waals surface area contributed by atoms with E-state index in [0.29, 0.717) is 22.6 Å². The molecule has 164 valence electrons. The zero-order valence-electron chi connectivity index (χ0n) is 16.3. The number of anilines is 1. The topological polar surface area (TPSA) is 72.7 Å². The van der Waals surface area contributed by atoms with E-state index in [9.17, 15) is 18.0 Å². The van der Waals surface area contributed by atoms with E-state index in [4.69, 9.17) is 11.6 Å². The molecule has 0 unspecified atom stereocenters. The first-order valence-electron chi connectivity index (χ1n) is 9.31. The van der Waals surface area contributed by atoms with Gasteiger partial charge in [0.2, 0.25) is 5.91 Å². The molecular weight excluding hydrogens is 463 g/mol. The van der Waals surface area contributed by atoms with Gasteiger partial charge in [0.25, 0.3) is 0 Å². The van der Waals surface area contributed by atoms with E-state index < -0.39 is 17.6 Å². The van der Waals surface area contributed by atoms with Crippen molar-refractivity contribution in [2.24, 2.45) is 0 Å². The first-order chi connectivity index (χ1) is 15.3. The van der Waals surface area contributed by atoms with Crippen LogP contribution in [0.25, 0.3) is 11.0 Å². The van der Waals surface area contributed by atoms with Crippen molar-refractivity contribution in [1.29, 1.82) is 0 Å². The van der Waals surface area contributed by atoms with Crippen molar-refractivity contribution in [3.63, 3.8) is 0 Å². The Labute approximate surface area is 189 Å². The van der Waals surface area contributed by atoms with Gasteiger partial charge in [-0.15, -0.1) is 0 Å². The number of alkyl halides is 3. The number of nitrogens with one attached hydrogen (secondary N) is 1. The molecule has 6 nitrogen and oxygen atoms in total. The summed E-state index contributed by atoms with van der Waals surface area (Å²) in [6.45, 7) is 0.528. The predicted octanol–water partition coefficient (Wildman–Crippen LogP) is 5.28. The Morgan fingerprint density at radius 1 is 1.12 bits per heavy atom. The maximum Gasteiger partial charge on any atom is 0.416 e. The van der Waals surface area contributed by atoms with E-state index >= 15 is 0 Å². The van der Waals surface area contributed by atoms with Gasteiger partial charge in [0.15, 0.2) is 5.65 Å². The van der Waals surface area contributed by atoms with Crippen molar-refractivity contribution in [2.75, 3.05) is 11.1 Å². The Bertz CT molecular complexity index is 1260. The minimum absolute atomic E-state index is 0.0166. The molecule has 0 atom stereocenters. The van der Waals surface area contributed by atoms with Gasteiger partial charge in [-0.25, -0.2) is 14.6 Å². The molecule has 2 aromatic carbocycles. The van der Waals surface area contributed by atoms with Gasteiger partial charge < -0.3 is 5.32 Å². The number of benzene rings is 2. The van der Waals surface area contributed by atoms with E-state index in [-0.39, 0.29) is 16.5 Å². The van der Waals surface area contributed by atoms with Crippen molar-refractivity contribution in [1.82, 2.24) is 19.7 Å². The van der Waals surface area contributed by atoms with Crippen molar-refractivity contribution in [3.05, 3.63) is 77.2 Å². The normalized spacial score (nSPS) is 11.6. The third-order valence-corrected chi connectivity index (χ3v) is 5.81. The highest BCUT2D eigenvalue weighted by Gasteiger charge is 2.31.